The van der Waals surface area contributed by atoms with Gasteiger partial charge in [-0.15, -0.1) is 0 Å². The van der Waals surface area contributed by atoms with Crippen LogP contribution in [0.25, 0.3) is 0 Å². The summed E-state index contributed by atoms with van der Waals surface area (Å²) in [6, 6.07) is 0. The van der Waals surface area contributed by atoms with Crippen LogP contribution in [0.4, 0.5) is 0 Å². The summed E-state index contributed by atoms with van der Waals surface area (Å²) in [4.78, 5) is 10.6. The first kappa shape index (κ1) is 6.42. The van der Waals surface area contributed by atoms with Crippen molar-refractivity contribution in [3.63, 3.8) is 0 Å². The van der Waals surface area contributed by atoms with Gasteiger partial charge in [0.25, 0.3) is 0 Å². The summed E-state index contributed by atoms with van der Waals surface area (Å²) in [7, 11) is 0. The molecule has 2 N–H and O–H groups in total. The van der Waals surface area contributed by atoms with E-state index >= 15 is 0 Å². The molecule has 0 aromatic carbocycles. The Morgan fingerprint density at radius 2 is 2.55 bits per heavy atom. The molecular weight excluding hydrogens is 144 g/mol. The highest BCUT2D eigenvalue weighted by Gasteiger charge is 2.26. The van der Waals surface area contributed by atoms with Crippen LogP contribution in [-0.4, -0.2) is 22.6 Å². The van der Waals surface area contributed by atoms with Gasteiger partial charge >= 0.3 is 5.97 Å². The third-order valence-corrected chi connectivity index (χ3v) is 1.89. The standard InChI is InChI=1S/C7H8N2O2/c10-7(11)5-4-8-9-3-1-2-6(5)9/h1,3,8H,2,4H2,(H,10,11). The molecule has 2 rings (SSSR count). The SMILES string of the molecule is O=C(O)C1=C2CC=CN2NC1. The van der Waals surface area contributed by atoms with Crippen molar-refractivity contribution in [2.24, 2.45) is 0 Å². The van der Waals surface area contributed by atoms with E-state index in [2.05, 4.69) is 5.43 Å². The maximum atomic E-state index is 10.6. The summed E-state index contributed by atoms with van der Waals surface area (Å²) >= 11 is 0. The second-order valence-corrected chi connectivity index (χ2v) is 2.52. The molecule has 2 aliphatic rings. The van der Waals surface area contributed by atoms with E-state index in [-0.39, 0.29) is 0 Å². The normalized spacial score (nSPS) is 21.3. The number of nitrogens with zero attached hydrogens (tertiary/aromatic N) is 1. The summed E-state index contributed by atoms with van der Waals surface area (Å²) in [6.07, 6.45) is 4.52. The van der Waals surface area contributed by atoms with E-state index in [1.54, 1.807) is 5.01 Å². The Hall–Kier alpha value is -1.29. The van der Waals surface area contributed by atoms with E-state index in [1.165, 1.54) is 0 Å². The van der Waals surface area contributed by atoms with Crippen molar-refractivity contribution in [3.05, 3.63) is 23.5 Å². The Balaban J connectivity index is 2.34. The zero-order valence-electron chi connectivity index (χ0n) is 5.87. The number of fused-ring (bicyclic) bond motifs is 1. The number of hydrogen-bond donors (Lipinski definition) is 2. The van der Waals surface area contributed by atoms with Gasteiger partial charge in [0.2, 0.25) is 0 Å². The molecule has 58 valence electrons. The van der Waals surface area contributed by atoms with E-state index < -0.39 is 5.97 Å². The van der Waals surface area contributed by atoms with Gasteiger partial charge < -0.3 is 5.11 Å². The zero-order chi connectivity index (χ0) is 7.84. The minimum absolute atomic E-state index is 0.439. The van der Waals surface area contributed by atoms with Crippen LogP contribution in [0.5, 0.6) is 0 Å². The number of hydrogen-bond acceptors (Lipinski definition) is 3. The first-order valence-corrected chi connectivity index (χ1v) is 3.44. The van der Waals surface area contributed by atoms with Gasteiger partial charge in [0, 0.05) is 19.2 Å². The molecule has 0 fully saturated rings. The Morgan fingerprint density at radius 1 is 1.73 bits per heavy atom. The van der Waals surface area contributed by atoms with Gasteiger partial charge in [0.05, 0.1) is 11.3 Å². The second kappa shape index (κ2) is 2.10. The molecule has 0 unspecified atom stereocenters. The molecule has 2 heterocycles. The number of rotatable bonds is 1. The van der Waals surface area contributed by atoms with Gasteiger partial charge in [0.15, 0.2) is 0 Å². The Kier molecular flexibility index (Phi) is 1.22. The van der Waals surface area contributed by atoms with Gasteiger partial charge in [-0.05, 0) is 0 Å². The first-order valence-electron chi connectivity index (χ1n) is 3.44. The smallest absolute Gasteiger partial charge is 0.334 e. The Morgan fingerprint density at radius 3 is 3.27 bits per heavy atom. The summed E-state index contributed by atoms with van der Waals surface area (Å²) in [5.74, 6) is -0.821. The maximum absolute atomic E-state index is 10.6. The summed E-state index contributed by atoms with van der Waals surface area (Å²) in [6.45, 7) is 0.439. The molecule has 0 saturated carbocycles. The number of carboxylic acid groups (broad SMARTS) is 1. The minimum Gasteiger partial charge on any atom is -0.478 e. The van der Waals surface area contributed by atoms with Crippen LogP contribution in [0.3, 0.4) is 0 Å². The number of nitrogens with one attached hydrogen (secondary N) is 1. The van der Waals surface area contributed by atoms with Crippen molar-refractivity contribution in [1.82, 2.24) is 10.4 Å². The first-order chi connectivity index (χ1) is 5.29. The lowest BCUT2D eigenvalue weighted by molar-refractivity contribution is -0.132. The highest BCUT2D eigenvalue weighted by molar-refractivity contribution is 5.88. The van der Waals surface area contributed by atoms with Crippen LogP contribution in [0.1, 0.15) is 6.42 Å². The van der Waals surface area contributed by atoms with Crippen molar-refractivity contribution in [2.75, 3.05) is 6.54 Å². The van der Waals surface area contributed by atoms with Crippen molar-refractivity contribution in [1.29, 1.82) is 0 Å². The van der Waals surface area contributed by atoms with E-state index in [1.807, 2.05) is 12.3 Å². The number of aliphatic carboxylic acids is 1. The number of allylic oxidation sites excluding steroid dienone is 1. The molecule has 0 aromatic heterocycles. The summed E-state index contributed by atoms with van der Waals surface area (Å²) in [5.41, 5.74) is 4.30. The molecule has 2 aliphatic heterocycles. The van der Waals surface area contributed by atoms with Crippen LogP contribution in [0.15, 0.2) is 23.5 Å². The molecule has 0 amide bonds. The Bertz CT molecular complexity index is 268. The van der Waals surface area contributed by atoms with Gasteiger partial charge in [-0.2, -0.15) is 0 Å². The lowest BCUT2D eigenvalue weighted by atomic mass is 10.2. The molecule has 0 aromatic rings. The molecular formula is C7H8N2O2. The molecule has 0 radical (unpaired) electrons. The van der Waals surface area contributed by atoms with Crippen molar-refractivity contribution in [2.45, 2.75) is 6.42 Å². The van der Waals surface area contributed by atoms with E-state index in [4.69, 9.17) is 5.11 Å². The fourth-order valence-electron chi connectivity index (χ4n) is 1.34. The highest BCUT2D eigenvalue weighted by atomic mass is 16.4. The number of carboxylic acids is 1. The summed E-state index contributed by atoms with van der Waals surface area (Å²) < 4.78 is 0. The van der Waals surface area contributed by atoms with Crippen LogP contribution >= 0.6 is 0 Å². The monoisotopic (exact) mass is 152 g/mol. The molecule has 0 bridgehead atoms. The molecule has 0 spiro atoms. The van der Waals surface area contributed by atoms with Crippen LogP contribution in [0.2, 0.25) is 0 Å². The van der Waals surface area contributed by atoms with Crippen molar-refractivity contribution in [3.8, 4) is 0 Å². The third kappa shape index (κ3) is 0.832. The van der Waals surface area contributed by atoms with Crippen LogP contribution < -0.4 is 5.43 Å². The van der Waals surface area contributed by atoms with Crippen LogP contribution in [-0.2, 0) is 4.79 Å². The molecule has 11 heavy (non-hydrogen) atoms. The molecule has 4 heteroatoms. The Labute approximate surface area is 63.8 Å². The van der Waals surface area contributed by atoms with Crippen molar-refractivity contribution >= 4 is 5.97 Å². The fraction of sp³-hybridized carbons (Fsp3) is 0.286. The predicted octanol–water partition coefficient (Wildman–Crippen LogP) is 0.0627. The van der Waals surface area contributed by atoms with Gasteiger partial charge in [-0.1, -0.05) is 6.08 Å². The van der Waals surface area contributed by atoms with E-state index in [0.717, 1.165) is 12.1 Å². The van der Waals surface area contributed by atoms with E-state index in [0.29, 0.717) is 12.1 Å². The van der Waals surface area contributed by atoms with Gasteiger partial charge in [-0.3, -0.25) is 5.01 Å². The topological polar surface area (TPSA) is 52.6 Å². The largest absolute Gasteiger partial charge is 0.478 e. The van der Waals surface area contributed by atoms with E-state index in [9.17, 15) is 4.79 Å². The van der Waals surface area contributed by atoms with Crippen molar-refractivity contribution < 1.29 is 9.90 Å². The summed E-state index contributed by atoms with van der Waals surface area (Å²) in [5, 5.41) is 10.5. The zero-order valence-corrected chi connectivity index (χ0v) is 5.87. The molecule has 0 atom stereocenters. The third-order valence-electron chi connectivity index (χ3n) is 1.89. The average Bonchev–Trinajstić information content (AvgIpc) is 2.41. The fourth-order valence-corrected chi connectivity index (χ4v) is 1.34. The average molecular weight is 152 g/mol. The maximum Gasteiger partial charge on any atom is 0.334 e. The second-order valence-electron chi connectivity index (χ2n) is 2.52. The quantitative estimate of drug-likeness (QED) is 0.558. The number of hydrazine groups is 1. The predicted molar refractivity (Wildman–Crippen MR) is 38.3 cm³/mol. The lowest BCUT2D eigenvalue weighted by Crippen LogP contribution is -2.24. The minimum atomic E-state index is -0.821. The highest BCUT2D eigenvalue weighted by Crippen LogP contribution is 2.24. The number of carbonyl (C=O) groups is 1. The molecule has 4 nitrogen and oxygen atoms in total. The lowest BCUT2D eigenvalue weighted by Gasteiger charge is -2.09. The molecule has 0 aliphatic carbocycles. The van der Waals surface area contributed by atoms with Crippen LogP contribution in [0, 0.1) is 0 Å². The van der Waals surface area contributed by atoms with Gasteiger partial charge in [0.1, 0.15) is 0 Å². The van der Waals surface area contributed by atoms with Gasteiger partial charge in [-0.25, -0.2) is 10.2 Å². The molecule has 0 saturated heterocycles.